The van der Waals surface area contributed by atoms with Gasteiger partial charge in [0.2, 0.25) is 0 Å². The molecule has 1 atom stereocenters. The third kappa shape index (κ3) is 2.58. The Kier molecular flexibility index (Phi) is 3.07. The molecule has 0 radical (unpaired) electrons. The van der Waals surface area contributed by atoms with Crippen molar-refractivity contribution in [1.29, 1.82) is 0 Å². The molecule has 4 heteroatoms. The van der Waals surface area contributed by atoms with Crippen molar-refractivity contribution in [2.24, 2.45) is 0 Å². The van der Waals surface area contributed by atoms with Crippen molar-refractivity contribution in [2.75, 3.05) is 13.7 Å². The van der Waals surface area contributed by atoms with Gasteiger partial charge in [0.05, 0.1) is 18.3 Å². The highest BCUT2D eigenvalue weighted by molar-refractivity contribution is 5.79. The molecule has 1 aromatic rings. The van der Waals surface area contributed by atoms with Gasteiger partial charge in [0.25, 0.3) is 0 Å². The van der Waals surface area contributed by atoms with Crippen LogP contribution in [0.5, 0.6) is 11.5 Å². The van der Waals surface area contributed by atoms with Crippen molar-refractivity contribution in [3.63, 3.8) is 0 Å². The fourth-order valence-corrected chi connectivity index (χ4v) is 1.60. The summed E-state index contributed by atoms with van der Waals surface area (Å²) < 4.78 is 16.1. The first-order valence-corrected chi connectivity index (χ1v) is 5.50. The third-order valence-electron chi connectivity index (χ3n) is 2.90. The van der Waals surface area contributed by atoms with E-state index in [1.807, 2.05) is 13.8 Å². The number of rotatable bonds is 5. The van der Waals surface area contributed by atoms with E-state index in [1.54, 1.807) is 25.3 Å². The molecule has 0 bridgehead atoms. The van der Waals surface area contributed by atoms with E-state index >= 15 is 0 Å². The number of hydrogen-bond donors (Lipinski definition) is 0. The number of methoxy groups -OCH3 is 1. The molecule has 0 saturated carbocycles. The van der Waals surface area contributed by atoms with E-state index in [1.165, 1.54) is 0 Å². The normalized spacial score (nSPS) is 20.8. The van der Waals surface area contributed by atoms with Gasteiger partial charge in [-0.15, -0.1) is 0 Å². The Bertz CT molecular complexity index is 425. The molecule has 1 saturated heterocycles. The molecule has 0 N–H and O–H groups in total. The molecular formula is C13H16O4. The van der Waals surface area contributed by atoms with Crippen LogP contribution in [0.25, 0.3) is 0 Å². The quantitative estimate of drug-likeness (QED) is 0.580. The summed E-state index contributed by atoms with van der Waals surface area (Å²) in [6, 6.07) is 5.12. The molecule has 17 heavy (non-hydrogen) atoms. The van der Waals surface area contributed by atoms with Gasteiger partial charge in [0.15, 0.2) is 6.29 Å². The molecule has 1 aliphatic heterocycles. The van der Waals surface area contributed by atoms with Gasteiger partial charge in [-0.3, -0.25) is 4.79 Å². The summed E-state index contributed by atoms with van der Waals surface area (Å²) in [7, 11) is 1.58. The minimum absolute atomic E-state index is 0.0909. The molecular weight excluding hydrogens is 220 g/mol. The predicted molar refractivity (Wildman–Crippen MR) is 62.8 cm³/mol. The van der Waals surface area contributed by atoms with Gasteiger partial charge in [-0.05, 0) is 26.0 Å². The first-order valence-electron chi connectivity index (χ1n) is 5.50. The lowest BCUT2D eigenvalue weighted by Gasteiger charge is -2.09. The zero-order valence-corrected chi connectivity index (χ0v) is 10.2. The summed E-state index contributed by atoms with van der Waals surface area (Å²) in [5, 5.41) is 0. The van der Waals surface area contributed by atoms with Crippen LogP contribution in [0.4, 0.5) is 0 Å². The lowest BCUT2D eigenvalue weighted by Crippen LogP contribution is -2.13. The largest absolute Gasteiger partial charge is 0.497 e. The van der Waals surface area contributed by atoms with Crippen LogP contribution in [0.3, 0.4) is 0 Å². The van der Waals surface area contributed by atoms with Crippen LogP contribution in [0.1, 0.15) is 24.2 Å². The molecule has 1 fully saturated rings. The SMILES string of the molecule is COc1ccc(C=O)c(OCC2OC2(C)C)c1. The van der Waals surface area contributed by atoms with E-state index in [9.17, 15) is 4.79 Å². The van der Waals surface area contributed by atoms with Crippen molar-refractivity contribution in [3.05, 3.63) is 23.8 Å². The standard InChI is InChI=1S/C13H16O4/c1-13(2)12(17-13)8-16-11-6-10(15-3)5-4-9(11)7-14/h4-7,12H,8H2,1-3H3. The Hall–Kier alpha value is -1.55. The first-order chi connectivity index (χ1) is 8.06. The average Bonchev–Trinajstić information content (AvgIpc) is 2.94. The second kappa shape index (κ2) is 4.37. The van der Waals surface area contributed by atoms with Crippen molar-refractivity contribution < 1.29 is 19.0 Å². The summed E-state index contributed by atoms with van der Waals surface area (Å²) in [6.07, 6.45) is 0.862. The van der Waals surface area contributed by atoms with E-state index in [-0.39, 0.29) is 11.7 Å². The topological polar surface area (TPSA) is 48.1 Å². The summed E-state index contributed by atoms with van der Waals surface area (Å²) >= 11 is 0. The lowest BCUT2D eigenvalue weighted by atomic mass is 10.1. The minimum atomic E-state index is -0.111. The number of benzene rings is 1. The van der Waals surface area contributed by atoms with Crippen molar-refractivity contribution in [2.45, 2.75) is 25.6 Å². The van der Waals surface area contributed by atoms with E-state index in [0.29, 0.717) is 23.7 Å². The van der Waals surface area contributed by atoms with Crippen LogP contribution in [0.15, 0.2) is 18.2 Å². The Morgan fingerprint density at radius 3 is 2.71 bits per heavy atom. The van der Waals surface area contributed by atoms with E-state index < -0.39 is 0 Å². The molecule has 0 spiro atoms. The van der Waals surface area contributed by atoms with Gasteiger partial charge in [-0.25, -0.2) is 0 Å². The smallest absolute Gasteiger partial charge is 0.153 e. The van der Waals surface area contributed by atoms with E-state index in [4.69, 9.17) is 14.2 Å². The fourth-order valence-electron chi connectivity index (χ4n) is 1.60. The molecule has 92 valence electrons. The summed E-state index contributed by atoms with van der Waals surface area (Å²) in [6.45, 7) is 4.46. The van der Waals surface area contributed by atoms with Crippen molar-refractivity contribution in [3.8, 4) is 11.5 Å². The number of hydrogen-bond acceptors (Lipinski definition) is 4. The van der Waals surface area contributed by atoms with Crippen LogP contribution < -0.4 is 9.47 Å². The maximum absolute atomic E-state index is 10.9. The summed E-state index contributed by atoms with van der Waals surface area (Å²) in [5.41, 5.74) is 0.407. The fraction of sp³-hybridized carbons (Fsp3) is 0.462. The van der Waals surface area contributed by atoms with Crippen LogP contribution in [-0.4, -0.2) is 31.7 Å². The Morgan fingerprint density at radius 1 is 1.47 bits per heavy atom. The molecule has 0 aliphatic carbocycles. The molecule has 2 rings (SSSR count). The first kappa shape index (κ1) is 11.9. The van der Waals surface area contributed by atoms with E-state index in [2.05, 4.69) is 0 Å². The monoisotopic (exact) mass is 236 g/mol. The Balaban J connectivity index is 2.05. The van der Waals surface area contributed by atoms with Crippen LogP contribution in [0.2, 0.25) is 0 Å². The number of carbonyl (C=O) groups excluding carboxylic acids is 1. The highest BCUT2D eigenvalue weighted by atomic mass is 16.6. The summed E-state index contributed by atoms with van der Waals surface area (Å²) in [5.74, 6) is 1.20. The van der Waals surface area contributed by atoms with Crippen molar-refractivity contribution in [1.82, 2.24) is 0 Å². The molecule has 1 aliphatic rings. The molecule has 0 aromatic heterocycles. The van der Waals surface area contributed by atoms with Crippen LogP contribution in [0, 0.1) is 0 Å². The molecule has 1 heterocycles. The number of carbonyl (C=O) groups is 1. The number of epoxide rings is 1. The average molecular weight is 236 g/mol. The third-order valence-corrected chi connectivity index (χ3v) is 2.90. The van der Waals surface area contributed by atoms with Gasteiger partial charge < -0.3 is 14.2 Å². The van der Waals surface area contributed by atoms with Gasteiger partial charge >= 0.3 is 0 Å². The highest BCUT2D eigenvalue weighted by Crippen LogP contribution is 2.36. The lowest BCUT2D eigenvalue weighted by molar-refractivity contribution is 0.111. The maximum atomic E-state index is 10.9. The molecule has 1 aromatic carbocycles. The highest BCUT2D eigenvalue weighted by Gasteiger charge is 2.48. The molecule has 0 amide bonds. The molecule has 4 nitrogen and oxygen atoms in total. The van der Waals surface area contributed by atoms with E-state index in [0.717, 1.165) is 6.29 Å². The number of ether oxygens (including phenoxy) is 3. The zero-order valence-electron chi connectivity index (χ0n) is 10.2. The van der Waals surface area contributed by atoms with Crippen molar-refractivity contribution >= 4 is 6.29 Å². The zero-order chi connectivity index (χ0) is 12.5. The van der Waals surface area contributed by atoms with Gasteiger partial charge in [-0.1, -0.05) is 0 Å². The summed E-state index contributed by atoms with van der Waals surface area (Å²) in [4.78, 5) is 10.9. The second-order valence-electron chi connectivity index (χ2n) is 4.54. The van der Waals surface area contributed by atoms with Gasteiger partial charge in [-0.2, -0.15) is 0 Å². The minimum Gasteiger partial charge on any atom is -0.497 e. The Labute approximate surface area is 100 Å². The van der Waals surface area contributed by atoms with Crippen LogP contribution in [-0.2, 0) is 4.74 Å². The molecule has 1 unspecified atom stereocenters. The second-order valence-corrected chi connectivity index (χ2v) is 4.54. The van der Waals surface area contributed by atoms with Gasteiger partial charge in [0, 0.05) is 6.07 Å². The predicted octanol–water partition coefficient (Wildman–Crippen LogP) is 2.06. The number of aldehydes is 1. The maximum Gasteiger partial charge on any atom is 0.153 e. The van der Waals surface area contributed by atoms with Crippen LogP contribution >= 0.6 is 0 Å². The van der Waals surface area contributed by atoms with Gasteiger partial charge in [0.1, 0.15) is 24.2 Å². The Morgan fingerprint density at radius 2 is 2.18 bits per heavy atom.